The number of rotatable bonds is 5. The van der Waals surface area contributed by atoms with Gasteiger partial charge in [0.1, 0.15) is 0 Å². The summed E-state index contributed by atoms with van der Waals surface area (Å²) in [5.41, 5.74) is 10.1. The molecule has 0 fully saturated rings. The number of benzene rings is 2. The SMILES string of the molecule is Cc1cccc(C(N)CCCc2ccccc2)c1Br. The maximum Gasteiger partial charge on any atom is 0.0306 e. The summed E-state index contributed by atoms with van der Waals surface area (Å²) in [6, 6.07) is 17.0. The van der Waals surface area contributed by atoms with Crippen LogP contribution < -0.4 is 5.73 Å². The molecular formula is C17H20BrN. The van der Waals surface area contributed by atoms with Gasteiger partial charge in [0.25, 0.3) is 0 Å². The Balaban J connectivity index is 1.91. The van der Waals surface area contributed by atoms with E-state index in [2.05, 4.69) is 71.4 Å². The summed E-state index contributed by atoms with van der Waals surface area (Å²) in [7, 11) is 0. The maximum absolute atomic E-state index is 6.30. The van der Waals surface area contributed by atoms with Gasteiger partial charge in [0.15, 0.2) is 0 Å². The van der Waals surface area contributed by atoms with E-state index in [0.717, 1.165) is 23.7 Å². The molecular weight excluding hydrogens is 298 g/mol. The standard InChI is InChI=1S/C17H20BrN/c1-13-7-5-11-15(17(13)18)16(19)12-6-10-14-8-3-2-4-9-14/h2-5,7-9,11,16H,6,10,12,19H2,1H3. The van der Waals surface area contributed by atoms with Crippen LogP contribution >= 0.6 is 15.9 Å². The molecule has 0 amide bonds. The van der Waals surface area contributed by atoms with Gasteiger partial charge in [-0.15, -0.1) is 0 Å². The van der Waals surface area contributed by atoms with Crippen molar-refractivity contribution in [2.75, 3.05) is 0 Å². The average Bonchev–Trinajstić information content (AvgIpc) is 2.43. The molecule has 0 bridgehead atoms. The molecule has 0 heterocycles. The minimum atomic E-state index is 0.109. The second-order valence-corrected chi connectivity index (χ2v) is 5.76. The first-order valence-electron chi connectivity index (χ1n) is 6.73. The van der Waals surface area contributed by atoms with E-state index in [4.69, 9.17) is 5.73 Å². The molecule has 1 unspecified atom stereocenters. The fraction of sp³-hybridized carbons (Fsp3) is 0.294. The van der Waals surface area contributed by atoms with Crippen molar-refractivity contribution in [2.45, 2.75) is 32.2 Å². The van der Waals surface area contributed by atoms with Gasteiger partial charge < -0.3 is 5.73 Å². The van der Waals surface area contributed by atoms with Crippen LogP contribution in [-0.4, -0.2) is 0 Å². The van der Waals surface area contributed by atoms with Crippen LogP contribution in [0.4, 0.5) is 0 Å². The minimum Gasteiger partial charge on any atom is -0.324 e. The number of hydrogen-bond donors (Lipinski definition) is 1. The van der Waals surface area contributed by atoms with E-state index in [1.54, 1.807) is 0 Å². The van der Waals surface area contributed by atoms with Crippen molar-refractivity contribution in [3.05, 3.63) is 69.7 Å². The largest absolute Gasteiger partial charge is 0.324 e. The Morgan fingerprint density at radius 2 is 1.79 bits per heavy atom. The zero-order valence-corrected chi connectivity index (χ0v) is 12.9. The highest BCUT2D eigenvalue weighted by atomic mass is 79.9. The lowest BCUT2D eigenvalue weighted by Gasteiger charge is -2.15. The lowest BCUT2D eigenvalue weighted by Crippen LogP contribution is -2.11. The lowest BCUT2D eigenvalue weighted by molar-refractivity contribution is 0.609. The van der Waals surface area contributed by atoms with Gasteiger partial charge in [-0.25, -0.2) is 0 Å². The van der Waals surface area contributed by atoms with Crippen molar-refractivity contribution in [2.24, 2.45) is 5.73 Å². The van der Waals surface area contributed by atoms with Crippen LogP contribution in [-0.2, 0) is 6.42 Å². The number of aryl methyl sites for hydroxylation is 2. The van der Waals surface area contributed by atoms with E-state index in [1.807, 2.05) is 0 Å². The minimum absolute atomic E-state index is 0.109. The number of halogens is 1. The van der Waals surface area contributed by atoms with E-state index in [-0.39, 0.29) is 6.04 Å². The van der Waals surface area contributed by atoms with Crippen molar-refractivity contribution in [3.8, 4) is 0 Å². The highest BCUT2D eigenvalue weighted by Gasteiger charge is 2.10. The molecule has 100 valence electrons. The summed E-state index contributed by atoms with van der Waals surface area (Å²) in [5, 5.41) is 0. The molecule has 0 aromatic heterocycles. The molecule has 1 atom stereocenters. The molecule has 0 spiro atoms. The van der Waals surface area contributed by atoms with Crippen LogP contribution in [0.5, 0.6) is 0 Å². The van der Waals surface area contributed by atoms with Crippen LogP contribution in [0, 0.1) is 6.92 Å². The van der Waals surface area contributed by atoms with Crippen molar-refractivity contribution < 1.29 is 0 Å². The molecule has 2 heteroatoms. The third-order valence-corrected chi connectivity index (χ3v) is 4.53. The Bertz CT molecular complexity index is 522. The molecule has 0 saturated carbocycles. The monoisotopic (exact) mass is 317 g/mol. The zero-order chi connectivity index (χ0) is 13.7. The Morgan fingerprint density at radius 3 is 2.53 bits per heavy atom. The predicted molar refractivity (Wildman–Crippen MR) is 85.2 cm³/mol. The smallest absolute Gasteiger partial charge is 0.0306 e. The summed E-state index contributed by atoms with van der Waals surface area (Å²) in [6.45, 7) is 2.10. The first-order chi connectivity index (χ1) is 9.18. The molecule has 0 radical (unpaired) electrons. The highest BCUT2D eigenvalue weighted by Crippen LogP contribution is 2.28. The Labute approximate surface area is 124 Å². The number of hydrogen-bond acceptors (Lipinski definition) is 1. The topological polar surface area (TPSA) is 26.0 Å². The van der Waals surface area contributed by atoms with Crippen molar-refractivity contribution >= 4 is 15.9 Å². The van der Waals surface area contributed by atoms with Gasteiger partial charge in [-0.3, -0.25) is 0 Å². The van der Waals surface area contributed by atoms with Crippen molar-refractivity contribution in [1.29, 1.82) is 0 Å². The van der Waals surface area contributed by atoms with E-state index >= 15 is 0 Å². The van der Waals surface area contributed by atoms with Crippen LogP contribution in [0.3, 0.4) is 0 Å². The molecule has 2 rings (SSSR count). The van der Waals surface area contributed by atoms with Crippen LogP contribution in [0.1, 0.15) is 35.6 Å². The van der Waals surface area contributed by atoms with Gasteiger partial charge >= 0.3 is 0 Å². The van der Waals surface area contributed by atoms with Crippen molar-refractivity contribution in [1.82, 2.24) is 0 Å². The van der Waals surface area contributed by atoms with E-state index < -0.39 is 0 Å². The molecule has 1 nitrogen and oxygen atoms in total. The first kappa shape index (κ1) is 14.3. The van der Waals surface area contributed by atoms with Crippen LogP contribution in [0.15, 0.2) is 53.0 Å². The van der Waals surface area contributed by atoms with E-state index in [1.165, 1.54) is 16.7 Å². The third kappa shape index (κ3) is 3.92. The Hall–Kier alpha value is -1.12. The second-order valence-electron chi connectivity index (χ2n) is 4.96. The number of nitrogens with two attached hydrogens (primary N) is 1. The van der Waals surface area contributed by atoms with Gasteiger partial charge in [0, 0.05) is 10.5 Å². The second kappa shape index (κ2) is 6.88. The quantitative estimate of drug-likeness (QED) is 0.843. The molecule has 0 saturated heterocycles. The zero-order valence-electron chi connectivity index (χ0n) is 11.3. The van der Waals surface area contributed by atoms with Crippen LogP contribution in [0.25, 0.3) is 0 Å². The normalized spacial score (nSPS) is 12.4. The Kier molecular flexibility index (Phi) is 5.17. The van der Waals surface area contributed by atoms with Gasteiger partial charge in [0.2, 0.25) is 0 Å². The molecule has 19 heavy (non-hydrogen) atoms. The average molecular weight is 318 g/mol. The van der Waals surface area contributed by atoms with Gasteiger partial charge in [-0.1, -0.05) is 64.5 Å². The molecule has 0 aliphatic carbocycles. The highest BCUT2D eigenvalue weighted by molar-refractivity contribution is 9.10. The van der Waals surface area contributed by atoms with Crippen LogP contribution in [0.2, 0.25) is 0 Å². The fourth-order valence-corrected chi connectivity index (χ4v) is 2.84. The van der Waals surface area contributed by atoms with Gasteiger partial charge in [0.05, 0.1) is 0 Å². The fourth-order valence-electron chi connectivity index (χ4n) is 2.28. The van der Waals surface area contributed by atoms with Gasteiger partial charge in [-0.2, -0.15) is 0 Å². The summed E-state index contributed by atoms with van der Waals surface area (Å²) >= 11 is 3.64. The van der Waals surface area contributed by atoms with E-state index in [0.29, 0.717) is 0 Å². The summed E-state index contributed by atoms with van der Waals surface area (Å²) in [5.74, 6) is 0. The maximum atomic E-state index is 6.30. The molecule has 2 N–H and O–H groups in total. The molecule has 0 aliphatic heterocycles. The lowest BCUT2D eigenvalue weighted by atomic mass is 9.98. The Morgan fingerprint density at radius 1 is 1.05 bits per heavy atom. The molecule has 2 aromatic rings. The third-order valence-electron chi connectivity index (χ3n) is 3.44. The summed E-state index contributed by atoms with van der Waals surface area (Å²) < 4.78 is 1.15. The predicted octanol–water partition coefficient (Wildman–Crippen LogP) is 4.78. The molecule has 2 aromatic carbocycles. The first-order valence-corrected chi connectivity index (χ1v) is 7.52. The van der Waals surface area contributed by atoms with Gasteiger partial charge in [-0.05, 0) is 42.9 Å². The summed E-state index contributed by atoms with van der Waals surface area (Å²) in [4.78, 5) is 0. The van der Waals surface area contributed by atoms with E-state index in [9.17, 15) is 0 Å². The summed E-state index contributed by atoms with van der Waals surface area (Å²) in [6.07, 6.45) is 3.22. The molecule has 0 aliphatic rings. The van der Waals surface area contributed by atoms with Crippen molar-refractivity contribution in [3.63, 3.8) is 0 Å².